The van der Waals surface area contributed by atoms with Crippen LogP contribution in [0.5, 0.6) is 5.75 Å². The zero-order chi connectivity index (χ0) is 13.7. The molecule has 1 unspecified atom stereocenters. The molecule has 0 amide bonds. The second-order valence-electron chi connectivity index (χ2n) is 5.33. The van der Waals surface area contributed by atoms with Crippen LogP contribution in [0.2, 0.25) is 0 Å². The van der Waals surface area contributed by atoms with E-state index in [0.29, 0.717) is 12.6 Å². The van der Waals surface area contributed by atoms with Crippen LogP contribution in [0, 0.1) is 0 Å². The van der Waals surface area contributed by atoms with Crippen molar-refractivity contribution < 1.29 is 4.74 Å². The van der Waals surface area contributed by atoms with E-state index < -0.39 is 0 Å². The minimum absolute atomic E-state index is 0.563. The molecule has 1 atom stereocenters. The maximum atomic E-state index is 5.80. The topological polar surface area (TPSA) is 41.7 Å². The average molecular weight is 263 g/mol. The first-order valence-corrected chi connectivity index (χ1v) is 7.03. The molecule has 0 aliphatic carbocycles. The van der Waals surface area contributed by atoms with Crippen LogP contribution in [-0.4, -0.2) is 55.7 Å². The van der Waals surface area contributed by atoms with E-state index in [-0.39, 0.29) is 0 Å². The third kappa shape index (κ3) is 4.20. The summed E-state index contributed by atoms with van der Waals surface area (Å²) in [5, 5.41) is 0. The van der Waals surface area contributed by atoms with E-state index in [2.05, 4.69) is 23.8 Å². The summed E-state index contributed by atoms with van der Waals surface area (Å²) in [7, 11) is 2.19. The van der Waals surface area contributed by atoms with Crippen molar-refractivity contribution in [2.24, 2.45) is 5.73 Å². The van der Waals surface area contributed by atoms with Gasteiger partial charge < -0.3 is 15.4 Å². The van der Waals surface area contributed by atoms with Gasteiger partial charge in [-0.25, -0.2) is 0 Å². The fourth-order valence-corrected chi connectivity index (χ4v) is 2.38. The zero-order valence-electron chi connectivity index (χ0n) is 12.0. The second-order valence-corrected chi connectivity index (χ2v) is 5.33. The summed E-state index contributed by atoms with van der Waals surface area (Å²) in [6.07, 6.45) is 0. The highest BCUT2D eigenvalue weighted by Gasteiger charge is 2.19. The van der Waals surface area contributed by atoms with Gasteiger partial charge in [-0.1, -0.05) is 12.1 Å². The lowest BCUT2D eigenvalue weighted by Gasteiger charge is -2.37. The summed E-state index contributed by atoms with van der Waals surface area (Å²) in [5.41, 5.74) is 6.74. The Balaban J connectivity index is 1.74. The smallest absolute Gasteiger partial charge is 0.119 e. The summed E-state index contributed by atoms with van der Waals surface area (Å²) in [6, 6.07) is 8.66. The molecule has 4 heteroatoms. The Kier molecular flexibility index (Phi) is 5.19. The normalized spacial score (nSPS) is 21.5. The van der Waals surface area contributed by atoms with Crippen molar-refractivity contribution in [2.75, 3.05) is 39.8 Å². The molecule has 1 aromatic carbocycles. The minimum Gasteiger partial charge on any atom is -0.492 e. The average Bonchev–Trinajstić information content (AvgIpc) is 2.43. The number of ether oxygens (including phenoxy) is 1. The first kappa shape index (κ1) is 14.3. The van der Waals surface area contributed by atoms with E-state index in [1.807, 2.05) is 24.3 Å². The van der Waals surface area contributed by atoms with Gasteiger partial charge in [0.1, 0.15) is 12.4 Å². The van der Waals surface area contributed by atoms with Crippen LogP contribution in [0.15, 0.2) is 24.3 Å². The maximum absolute atomic E-state index is 5.80. The number of hydrogen-bond donors (Lipinski definition) is 1. The third-order valence-electron chi connectivity index (χ3n) is 3.85. The molecule has 0 spiro atoms. The lowest BCUT2D eigenvalue weighted by molar-refractivity contribution is 0.0928. The Hall–Kier alpha value is -1.10. The molecule has 1 heterocycles. The Morgan fingerprint density at radius 3 is 2.95 bits per heavy atom. The van der Waals surface area contributed by atoms with Crippen molar-refractivity contribution in [3.05, 3.63) is 29.8 Å². The molecule has 1 saturated heterocycles. The summed E-state index contributed by atoms with van der Waals surface area (Å²) in [5.74, 6) is 0.921. The second kappa shape index (κ2) is 6.89. The summed E-state index contributed by atoms with van der Waals surface area (Å²) < 4.78 is 5.80. The number of nitrogens with two attached hydrogens (primary N) is 1. The van der Waals surface area contributed by atoms with Crippen molar-refractivity contribution in [1.29, 1.82) is 0 Å². The quantitative estimate of drug-likeness (QED) is 0.865. The van der Waals surface area contributed by atoms with Crippen LogP contribution in [0.3, 0.4) is 0 Å². The molecule has 106 valence electrons. The maximum Gasteiger partial charge on any atom is 0.119 e. The summed E-state index contributed by atoms with van der Waals surface area (Å²) in [6.45, 7) is 7.97. The molecule has 1 aliphatic heterocycles. The Morgan fingerprint density at radius 2 is 2.21 bits per heavy atom. The molecular weight excluding hydrogens is 238 g/mol. The van der Waals surface area contributed by atoms with Gasteiger partial charge in [-0.05, 0) is 31.7 Å². The van der Waals surface area contributed by atoms with E-state index in [0.717, 1.165) is 44.1 Å². The highest BCUT2D eigenvalue weighted by atomic mass is 16.5. The molecule has 0 aromatic heterocycles. The highest BCUT2D eigenvalue weighted by Crippen LogP contribution is 2.13. The van der Waals surface area contributed by atoms with Gasteiger partial charge in [-0.3, -0.25) is 4.90 Å². The van der Waals surface area contributed by atoms with Gasteiger partial charge in [0, 0.05) is 38.8 Å². The molecule has 2 N–H and O–H groups in total. The fourth-order valence-electron chi connectivity index (χ4n) is 2.38. The van der Waals surface area contributed by atoms with E-state index >= 15 is 0 Å². The van der Waals surface area contributed by atoms with Crippen molar-refractivity contribution in [1.82, 2.24) is 9.80 Å². The SMILES string of the molecule is CC1CN(CCOc2cccc(CN)c2)CCN1C. The lowest BCUT2D eigenvalue weighted by atomic mass is 10.2. The molecule has 19 heavy (non-hydrogen) atoms. The largest absolute Gasteiger partial charge is 0.492 e. The molecular formula is C15H25N3O. The number of benzene rings is 1. The zero-order valence-corrected chi connectivity index (χ0v) is 12.0. The van der Waals surface area contributed by atoms with Gasteiger partial charge >= 0.3 is 0 Å². The standard InChI is InChI=1S/C15H25N3O/c1-13-12-18(7-6-17(13)2)8-9-19-15-5-3-4-14(10-15)11-16/h3-5,10,13H,6-9,11-12,16H2,1-2H3. The monoisotopic (exact) mass is 263 g/mol. The first-order chi connectivity index (χ1) is 9.19. The summed E-state index contributed by atoms with van der Waals surface area (Å²) >= 11 is 0. The third-order valence-corrected chi connectivity index (χ3v) is 3.85. The first-order valence-electron chi connectivity index (χ1n) is 7.03. The number of likely N-dealkylation sites (N-methyl/N-ethyl adjacent to an activating group) is 1. The van der Waals surface area contributed by atoms with Gasteiger partial charge in [0.05, 0.1) is 0 Å². The van der Waals surface area contributed by atoms with E-state index in [1.165, 1.54) is 0 Å². The van der Waals surface area contributed by atoms with Gasteiger partial charge in [0.25, 0.3) is 0 Å². The van der Waals surface area contributed by atoms with Gasteiger partial charge in [-0.15, -0.1) is 0 Å². The van der Waals surface area contributed by atoms with Gasteiger partial charge in [0.2, 0.25) is 0 Å². The molecule has 0 radical (unpaired) electrons. The Morgan fingerprint density at radius 1 is 1.37 bits per heavy atom. The fraction of sp³-hybridized carbons (Fsp3) is 0.600. The van der Waals surface area contributed by atoms with E-state index in [9.17, 15) is 0 Å². The van der Waals surface area contributed by atoms with Crippen molar-refractivity contribution >= 4 is 0 Å². The number of hydrogen-bond acceptors (Lipinski definition) is 4. The van der Waals surface area contributed by atoms with Crippen LogP contribution in [0.4, 0.5) is 0 Å². The number of piperazine rings is 1. The van der Waals surface area contributed by atoms with E-state index in [1.54, 1.807) is 0 Å². The number of rotatable bonds is 5. The van der Waals surface area contributed by atoms with E-state index in [4.69, 9.17) is 10.5 Å². The van der Waals surface area contributed by atoms with Gasteiger partial charge in [-0.2, -0.15) is 0 Å². The molecule has 0 bridgehead atoms. The number of nitrogens with zero attached hydrogens (tertiary/aromatic N) is 2. The molecule has 2 rings (SSSR count). The highest BCUT2D eigenvalue weighted by molar-refractivity contribution is 5.28. The summed E-state index contributed by atoms with van der Waals surface area (Å²) in [4.78, 5) is 4.87. The molecule has 4 nitrogen and oxygen atoms in total. The van der Waals surface area contributed by atoms with Crippen molar-refractivity contribution in [3.63, 3.8) is 0 Å². The van der Waals surface area contributed by atoms with Crippen molar-refractivity contribution in [3.8, 4) is 5.75 Å². The van der Waals surface area contributed by atoms with Crippen LogP contribution in [-0.2, 0) is 6.54 Å². The molecule has 1 aliphatic rings. The van der Waals surface area contributed by atoms with Gasteiger partial charge in [0.15, 0.2) is 0 Å². The molecule has 0 saturated carbocycles. The lowest BCUT2D eigenvalue weighted by Crippen LogP contribution is -2.50. The van der Waals surface area contributed by atoms with Crippen LogP contribution < -0.4 is 10.5 Å². The van der Waals surface area contributed by atoms with Crippen molar-refractivity contribution in [2.45, 2.75) is 19.5 Å². The predicted molar refractivity (Wildman–Crippen MR) is 78.4 cm³/mol. The van der Waals surface area contributed by atoms with Crippen LogP contribution >= 0.6 is 0 Å². The Labute approximate surface area is 116 Å². The Bertz CT molecular complexity index is 397. The van der Waals surface area contributed by atoms with Crippen LogP contribution in [0.25, 0.3) is 0 Å². The predicted octanol–water partition coefficient (Wildman–Crippen LogP) is 1.16. The molecule has 1 fully saturated rings. The van der Waals surface area contributed by atoms with Crippen LogP contribution in [0.1, 0.15) is 12.5 Å². The molecule has 1 aromatic rings. The minimum atomic E-state index is 0.563.